The van der Waals surface area contributed by atoms with Gasteiger partial charge in [-0.25, -0.2) is 8.42 Å². The lowest BCUT2D eigenvalue weighted by molar-refractivity contribution is -0.123. The van der Waals surface area contributed by atoms with Crippen LogP contribution >= 0.6 is 0 Å². The monoisotopic (exact) mass is 402 g/mol. The Morgan fingerprint density at radius 1 is 1.14 bits per heavy atom. The molecule has 3 rings (SSSR count). The van der Waals surface area contributed by atoms with E-state index in [1.165, 1.54) is 16.4 Å². The summed E-state index contributed by atoms with van der Waals surface area (Å²) in [4.78, 5) is 11.9. The van der Waals surface area contributed by atoms with Crippen molar-refractivity contribution >= 4 is 21.6 Å². The summed E-state index contributed by atoms with van der Waals surface area (Å²) in [6.45, 7) is 3.07. The van der Waals surface area contributed by atoms with E-state index in [0.29, 0.717) is 18.8 Å². The van der Waals surface area contributed by atoms with Crippen molar-refractivity contribution in [2.75, 3.05) is 24.0 Å². The second kappa shape index (κ2) is 9.10. The maximum atomic E-state index is 13.1. The van der Waals surface area contributed by atoms with Gasteiger partial charge in [0.1, 0.15) is 5.75 Å². The first-order chi connectivity index (χ1) is 13.5. The summed E-state index contributed by atoms with van der Waals surface area (Å²) < 4.78 is 33.1. The van der Waals surface area contributed by atoms with E-state index in [-0.39, 0.29) is 17.4 Å². The van der Waals surface area contributed by atoms with Gasteiger partial charge in [-0.2, -0.15) is 0 Å². The number of carbonyl (C=O) groups is 1. The van der Waals surface area contributed by atoms with E-state index in [0.717, 1.165) is 36.9 Å². The van der Waals surface area contributed by atoms with Crippen LogP contribution in [0.1, 0.15) is 31.7 Å². The second-order valence-electron chi connectivity index (χ2n) is 6.77. The fraction of sp³-hybridized carbons (Fsp3) is 0.381. The number of amides is 1. The molecular formula is C21H26N2O4S. The highest BCUT2D eigenvalue weighted by Gasteiger charge is 2.28. The van der Waals surface area contributed by atoms with Gasteiger partial charge < -0.3 is 10.1 Å². The average molecular weight is 403 g/mol. The molecule has 0 fully saturated rings. The van der Waals surface area contributed by atoms with E-state index >= 15 is 0 Å². The van der Waals surface area contributed by atoms with Crippen molar-refractivity contribution in [3.8, 4) is 5.75 Å². The van der Waals surface area contributed by atoms with Crippen molar-refractivity contribution in [1.82, 2.24) is 5.32 Å². The first-order valence-electron chi connectivity index (χ1n) is 9.62. The van der Waals surface area contributed by atoms with Gasteiger partial charge in [0.25, 0.3) is 15.9 Å². The minimum absolute atomic E-state index is 0.0880. The third kappa shape index (κ3) is 4.65. The Labute approximate surface area is 166 Å². The molecule has 1 aliphatic rings. The quantitative estimate of drug-likeness (QED) is 0.689. The minimum atomic E-state index is -3.64. The van der Waals surface area contributed by atoms with E-state index in [4.69, 9.17) is 4.74 Å². The highest BCUT2D eigenvalue weighted by molar-refractivity contribution is 7.92. The number of anilines is 1. The average Bonchev–Trinajstić information content (AvgIpc) is 2.72. The molecule has 0 aliphatic carbocycles. The van der Waals surface area contributed by atoms with E-state index in [1.807, 2.05) is 24.3 Å². The number of aryl methyl sites for hydroxylation is 1. The maximum Gasteiger partial charge on any atom is 0.264 e. The summed E-state index contributed by atoms with van der Waals surface area (Å²) in [6, 6.07) is 13.8. The van der Waals surface area contributed by atoms with Crippen LogP contribution < -0.4 is 14.4 Å². The molecule has 150 valence electrons. The molecule has 28 heavy (non-hydrogen) atoms. The van der Waals surface area contributed by atoms with Crippen LogP contribution in [0.4, 0.5) is 5.69 Å². The van der Waals surface area contributed by atoms with Gasteiger partial charge in [0.2, 0.25) is 0 Å². The predicted molar refractivity (Wildman–Crippen MR) is 109 cm³/mol. The van der Waals surface area contributed by atoms with Crippen LogP contribution in [0.5, 0.6) is 5.75 Å². The minimum Gasteiger partial charge on any atom is -0.484 e. The fourth-order valence-electron chi connectivity index (χ4n) is 3.19. The largest absolute Gasteiger partial charge is 0.484 e. The van der Waals surface area contributed by atoms with Gasteiger partial charge in [0.15, 0.2) is 6.61 Å². The lowest BCUT2D eigenvalue weighted by Gasteiger charge is -2.30. The Bertz CT molecular complexity index is 910. The lowest BCUT2D eigenvalue weighted by atomic mass is 10.0. The number of carbonyl (C=O) groups excluding carboxylic acids is 1. The zero-order valence-corrected chi connectivity index (χ0v) is 16.9. The molecule has 0 radical (unpaired) electrons. The number of fused-ring (bicyclic) bond motifs is 1. The number of benzene rings is 2. The molecule has 6 nitrogen and oxygen atoms in total. The molecule has 0 saturated carbocycles. The fourth-order valence-corrected chi connectivity index (χ4v) is 4.73. The van der Waals surface area contributed by atoms with E-state index in [1.54, 1.807) is 12.1 Å². The van der Waals surface area contributed by atoms with Crippen molar-refractivity contribution < 1.29 is 17.9 Å². The van der Waals surface area contributed by atoms with Crippen molar-refractivity contribution in [2.45, 2.75) is 37.5 Å². The highest BCUT2D eigenvalue weighted by Crippen LogP contribution is 2.32. The molecule has 0 atom stereocenters. The first kappa shape index (κ1) is 20.2. The Hall–Kier alpha value is -2.54. The van der Waals surface area contributed by atoms with Gasteiger partial charge in [0.05, 0.1) is 10.6 Å². The molecule has 1 amide bonds. The second-order valence-corrected chi connectivity index (χ2v) is 8.64. The third-order valence-corrected chi connectivity index (χ3v) is 6.53. The summed E-state index contributed by atoms with van der Waals surface area (Å²) in [5, 5.41) is 2.78. The van der Waals surface area contributed by atoms with Crippen LogP contribution in [0.15, 0.2) is 53.4 Å². The number of rotatable bonds is 8. The highest BCUT2D eigenvalue weighted by atomic mass is 32.2. The van der Waals surface area contributed by atoms with Gasteiger partial charge in [-0.1, -0.05) is 31.5 Å². The smallest absolute Gasteiger partial charge is 0.264 e. The Morgan fingerprint density at radius 3 is 2.64 bits per heavy atom. The third-order valence-electron chi connectivity index (χ3n) is 4.70. The molecule has 0 spiro atoms. The lowest BCUT2D eigenvalue weighted by Crippen LogP contribution is -2.35. The number of unbranched alkanes of at least 4 members (excludes halogenated alkanes) is 1. The van der Waals surface area contributed by atoms with Crippen LogP contribution in [0, 0.1) is 0 Å². The van der Waals surface area contributed by atoms with Gasteiger partial charge in [-0.05, 0) is 55.2 Å². The number of para-hydroxylation sites is 1. The number of ether oxygens (including phenoxy) is 1. The maximum absolute atomic E-state index is 13.1. The molecule has 2 aromatic carbocycles. The predicted octanol–water partition coefficient (Wildman–Crippen LogP) is 3.12. The van der Waals surface area contributed by atoms with Gasteiger partial charge >= 0.3 is 0 Å². The molecule has 1 heterocycles. The van der Waals surface area contributed by atoms with Gasteiger partial charge in [-0.15, -0.1) is 0 Å². The van der Waals surface area contributed by atoms with Crippen LogP contribution in [0.2, 0.25) is 0 Å². The summed E-state index contributed by atoms with van der Waals surface area (Å²) in [5.41, 5.74) is 1.80. The Balaban J connectivity index is 1.67. The summed E-state index contributed by atoms with van der Waals surface area (Å²) in [7, 11) is -3.64. The van der Waals surface area contributed by atoms with Crippen molar-refractivity contribution in [3.63, 3.8) is 0 Å². The van der Waals surface area contributed by atoms with Crippen molar-refractivity contribution in [3.05, 3.63) is 54.1 Å². The topological polar surface area (TPSA) is 75.7 Å². The molecule has 0 saturated heterocycles. The standard InChI is InChI=1S/C21H26N2O4S/c1-2-3-14-22-21(24)16-27-18-10-12-19(13-11-18)28(25,26)23-15-6-8-17-7-4-5-9-20(17)23/h4-5,7,9-13H,2-3,6,8,14-16H2,1H3,(H,22,24). The summed E-state index contributed by atoms with van der Waals surface area (Å²) in [5.74, 6) is 0.277. The number of nitrogens with one attached hydrogen (secondary N) is 1. The zero-order valence-electron chi connectivity index (χ0n) is 16.1. The van der Waals surface area contributed by atoms with Gasteiger partial charge in [-0.3, -0.25) is 9.10 Å². The molecule has 2 aromatic rings. The molecule has 1 N–H and O–H groups in total. The van der Waals surface area contributed by atoms with Crippen LogP contribution in [0.25, 0.3) is 0 Å². The number of hydrogen-bond donors (Lipinski definition) is 1. The number of sulfonamides is 1. The summed E-state index contributed by atoms with van der Waals surface area (Å²) in [6.07, 6.45) is 3.62. The Morgan fingerprint density at radius 2 is 1.89 bits per heavy atom. The summed E-state index contributed by atoms with van der Waals surface area (Å²) >= 11 is 0. The van der Waals surface area contributed by atoms with Crippen LogP contribution in [-0.2, 0) is 21.2 Å². The SMILES string of the molecule is CCCCNC(=O)COc1ccc(S(=O)(=O)N2CCCc3ccccc32)cc1. The number of nitrogens with zero attached hydrogens (tertiary/aromatic N) is 1. The normalized spacial score (nSPS) is 13.7. The molecule has 7 heteroatoms. The van der Waals surface area contributed by atoms with E-state index < -0.39 is 10.0 Å². The molecule has 0 bridgehead atoms. The first-order valence-corrected chi connectivity index (χ1v) is 11.1. The van der Waals surface area contributed by atoms with E-state index in [2.05, 4.69) is 12.2 Å². The molecule has 0 aromatic heterocycles. The van der Waals surface area contributed by atoms with E-state index in [9.17, 15) is 13.2 Å². The van der Waals surface area contributed by atoms with Gasteiger partial charge in [0, 0.05) is 13.1 Å². The van der Waals surface area contributed by atoms with Crippen molar-refractivity contribution in [1.29, 1.82) is 0 Å². The Kier molecular flexibility index (Phi) is 6.57. The van der Waals surface area contributed by atoms with Crippen molar-refractivity contribution in [2.24, 2.45) is 0 Å². The zero-order chi connectivity index (χ0) is 20.0. The number of hydrogen-bond acceptors (Lipinski definition) is 4. The van der Waals surface area contributed by atoms with Crippen LogP contribution in [-0.4, -0.2) is 34.0 Å². The molecule has 1 aliphatic heterocycles. The van der Waals surface area contributed by atoms with Crippen LogP contribution in [0.3, 0.4) is 0 Å². The molecular weight excluding hydrogens is 376 g/mol. The molecule has 0 unspecified atom stereocenters.